The summed E-state index contributed by atoms with van der Waals surface area (Å²) >= 11 is 0. The predicted molar refractivity (Wildman–Crippen MR) is 62.2 cm³/mol. The molecule has 94 valence electrons. The van der Waals surface area contributed by atoms with Crippen LogP contribution < -0.4 is 5.32 Å². The highest BCUT2D eigenvalue weighted by Gasteiger charge is 2.19. The maximum atomic E-state index is 11.6. The quantitative estimate of drug-likeness (QED) is 0.794. The number of furan rings is 1. The minimum atomic E-state index is -0.290. The SMILES string of the molecule is O=C(CN1CCCC(O)C1)NCc1ccco1. The number of aliphatic hydroxyl groups is 1. The van der Waals surface area contributed by atoms with Crippen LogP contribution in [0.4, 0.5) is 0 Å². The molecule has 1 atom stereocenters. The Bertz CT molecular complexity index is 351. The molecule has 1 amide bonds. The minimum absolute atomic E-state index is 0.0319. The summed E-state index contributed by atoms with van der Waals surface area (Å²) < 4.78 is 5.12. The highest BCUT2D eigenvalue weighted by molar-refractivity contribution is 5.77. The van der Waals surface area contributed by atoms with Gasteiger partial charge in [-0.3, -0.25) is 9.69 Å². The van der Waals surface area contributed by atoms with Crippen molar-refractivity contribution in [1.29, 1.82) is 0 Å². The van der Waals surface area contributed by atoms with Crippen molar-refractivity contribution >= 4 is 5.91 Å². The van der Waals surface area contributed by atoms with Crippen LogP contribution in [0.5, 0.6) is 0 Å². The number of carbonyl (C=O) groups is 1. The number of rotatable bonds is 4. The van der Waals surface area contributed by atoms with Crippen LogP contribution in [0.2, 0.25) is 0 Å². The summed E-state index contributed by atoms with van der Waals surface area (Å²) in [6.07, 6.45) is 3.08. The van der Waals surface area contributed by atoms with Gasteiger partial charge in [-0.25, -0.2) is 0 Å². The van der Waals surface area contributed by atoms with Crippen molar-refractivity contribution in [3.05, 3.63) is 24.2 Å². The molecule has 2 rings (SSSR count). The zero-order valence-corrected chi connectivity index (χ0v) is 9.76. The first-order chi connectivity index (χ1) is 8.24. The second kappa shape index (κ2) is 5.84. The average molecular weight is 238 g/mol. The van der Waals surface area contributed by atoms with Gasteiger partial charge in [0.1, 0.15) is 5.76 Å². The summed E-state index contributed by atoms with van der Waals surface area (Å²) in [5.41, 5.74) is 0. The molecule has 0 aromatic carbocycles. The van der Waals surface area contributed by atoms with Gasteiger partial charge in [0.2, 0.25) is 5.91 Å². The zero-order chi connectivity index (χ0) is 12.1. The number of piperidine rings is 1. The maximum absolute atomic E-state index is 11.6. The van der Waals surface area contributed by atoms with Gasteiger partial charge < -0.3 is 14.8 Å². The highest BCUT2D eigenvalue weighted by Crippen LogP contribution is 2.08. The van der Waals surface area contributed by atoms with Crippen molar-refractivity contribution < 1.29 is 14.3 Å². The molecule has 0 saturated carbocycles. The number of nitrogens with one attached hydrogen (secondary N) is 1. The number of amides is 1. The molecule has 1 unspecified atom stereocenters. The van der Waals surface area contributed by atoms with Gasteiger partial charge in [0, 0.05) is 6.54 Å². The van der Waals surface area contributed by atoms with Crippen LogP contribution in [-0.2, 0) is 11.3 Å². The number of likely N-dealkylation sites (tertiary alicyclic amines) is 1. The van der Waals surface area contributed by atoms with Gasteiger partial charge in [-0.05, 0) is 31.5 Å². The van der Waals surface area contributed by atoms with Crippen molar-refractivity contribution in [2.24, 2.45) is 0 Å². The third kappa shape index (κ3) is 3.87. The van der Waals surface area contributed by atoms with Gasteiger partial charge in [0.15, 0.2) is 0 Å². The van der Waals surface area contributed by atoms with E-state index < -0.39 is 0 Å². The maximum Gasteiger partial charge on any atom is 0.234 e. The predicted octanol–water partition coefficient (Wildman–Crippen LogP) is 0.353. The Morgan fingerprint density at radius 1 is 1.65 bits per heavy atom. The van der Waals surface area contributed by atoms with E-state index in [1.54, 1.807) is 12.3 Å². The molecule has 0 aliphatic carbocycles. The lowest BCUT2D eigenvalue weighted by atomic mass is 10.1. The largest absolute Gasteiger partial charge is 0.467 e. The first-order valence-corrected chi connectivity index (χ1v) is 5.93. The van der Waals surface area contributed by atoms with Gasteiger partial charge in [0.25, 0.3) is 0 Å². The fourth-order valence-corrected chi connectivity index (χ4v) is 2.03. The molecule has 0 bridgehead atoms. The van der Waals surface area contributed by atoms with Crippen molar-refractivity contribution in [2.45, 2.75) is 25.5 Å². The van der Waals surface area contributed by atoms with Crippen LogP contribution in [0.25, 0.3) is 0 Å². The summed E-state index contributed by atoms with van der Waals surface area (Å²) in [4.78, 5) is 13.6. The normalized spacial score (nSPS) is 21.4. The first-order valence-electron chi connectivity index (χ1n) is 5.93. The van der Waals surface area contributed by atoms with E-state index in [4.69, 9.17) is 4.42 Å². The fraction of sp³-hybridized carbons (Fsp3) is 0.583. The van der Waals surface area contributed by atoms with Crippen LogP contribution in [0.1, 0.15) is 18.6 Å². The second-order valence-corrected chi connectivity index (χ2v) is 4.39. The number of carbonyl (C=O) groups excluding carboxylic acids is 1. The highest BCUT2D eigenvalue weighted by atomic mass is 16.3. The standard InChI is InChI=1S/C12H18N2O3/c15-10-3-1-5-14(8-10)9-12(16)13-7-11-4-2-6-17-11/h2,4,6,10,15H,1,3,5,7-9H2,(H,13,16). The summed E-state index contributed by atoms with van der Waals surface area (Å²) in [5.74, 6) is 0.715. The molecule has 5 nitrogen and oxygen atoms in total. The third-order valence-corrected chi connectivity index (χ3v) is 2.89. The van der Waals surface area contributed by atoms with Crippen molar-refractivity contribution in [3.63, 3.8) is 0 Å². The molecule has 2 heterocycles. The second-order valence-electron chi connectivity index (χ2n) is 4.39. The van der Waals surface area contributed by atoms with E-state index in [2.05, 4.69) is 5.32 Å². The Hall–Kier alpha value is -1.33. The van der Waals surface area contributed by atoms with Crippen molar-refractivity contribution in [3.8, 4) is 0 Å². The molecule has 1 aliphatic rings. The lowest BCUT2D eigenvalue weighted by molar-refractivity contribution is -0.123. The smallest absolute Gasteiger partial charge is 0.234 e. The van der Waals surface area contributed by atoms with Crippen LogP contribution in [0.15, 0.2) is 22.8 Å². The van der Waals surface area contributed by atoms with Crippen molar-refractivity contribution in [1.82, 2.24) is 10.2 Å². The summed E-state index contributed by atoms with van der Waals surface area (Å²) in [6.45, 7) is 2.24. The lowest BCUT2D eigenvalue weighted by Crippen LogP contribution is -2.44. The molecule has 1 aromatic rings. The Kier molecular flexibility index (Phi) is 4.17. The van der Waals surface area contributed by atoms with Gasteiger partial charge in [-0.15, -0.1) is 0 Å². The molecule has 1 saturated heterocycles. The molecular weight excluding hydrogens is 220 g/mol. The third-order valence-electron chi connectivity index (χ3n) is 2.89. The first kappa shape index (κ1) is 12.1. The Morgan fingerprint density at radius 2 is 2.53 bits per heavy atom. The van der Waals surface area contributed by atoms with Gasteiger partial charge in [0.05, 0.1) is 25.5 Å². The molecule has 2 N–H and O–H groups in total. The molecule has 5 heteroatoms. The molecule has 1 fully saturated rings. The lowest BCUT2D eigenvalue weighted by Gasteiger charge is -2.29. The van der Waals surface area contributed by atoms with E-state index >= 15 is 0 Å². The molecular formula is C12H18N2O3. The fourth-order valence-electron chi connectivity index (χ4n) is 2.03. The monoisotopic (exact) mass is 238 g/mol. The molecule has 1 aromatic heterocycles. The van der Waals surface area contributed by atoms with E-state index in [0.29, 0.717) is 19.6 Å². The summed E-state index contributed by atoms with van der Waals surface area (Å²) in [6, 6.07) is 3.62. The van der Waals surface area contributed by atoms with Crippen LogP contribution in [0.3, 0.4) is 0 Å². The number of hydrogen-bond acceptors (Lipinski definition) is 4. The van der Waals surface area contributed by atoms with Crippen molar-refractivity contribution in [2.75, 3.05) is 19.6 Å². The van der Waals surface area contributed by atoms with E-state index in [1.165, 1.54) is 0 Å². The van der Waals surface area contributed by atoms with Crippen LogP contribution >= 0.6 is 0 Å². The summed E-state index contributed by atoms with van der Waals surface area (Å²) in [5, 5.41) is 12.3. The Balaban J connectivity index is 1.70. The number of hydrogen-bond donors (Lipinski definition) is 2. The summed E-state index contributed by atoms with van der Waals surface area (Å²) in [7, 11) is 0. The van der Waals surface area contributed by atoms with E-state index in [-0.39, 0.29) is 12.0 Å². The average Bonchev–Trinajstić information content (AvgIpc) is 2.79. The van der Waals surface area contributed by atoms with Crippen LogP contribution in [0, 0.1) is 0 Å². The number of nitrogens with zero attached hydrogens (tertiary/aromatic N) is 1. The van der Waals surface area contributed by atoms with E-state index in [0.717, 1.165) is 25.1 Å². The Morgan fingerprint density at radius 3 is 3.24 bits per heavy atom. The van der Waals surface area contributed by atoms with Gasteiger partial charge in [-0.2, -0.15) is 0 Å². The molecule has 0 radical (unpaired) electrons. The van der Waals surface area contributed by atoms with E-state index in [9.17, 15) is 9.90 Å². The van der Waals surface area contributed by atoms with Gasteiger partial charge >= 0.3 is 0 Å². The van der Waals surface area contributed by atoms with Crippen LogP contribution in [-0.4, -0.2) is 41.7 Å². The van der Waals surface area contributed by atoms with E-state index in [1.807, 2.05) is 11.0 Å². The molecule has 1 aliphatic heterocycles. The minimum Gasteiger partial charge on any atom is -0.467 e. The van der Waals surface area contributed by atoms with Gasteiger partial charge in [-0.1, -0.05) is 0 Å². The molecule has 17 heavy (non-hydrogen) atoms. The zero-order valence-electron chi connectivity index (χ0n) is 9.76. The molecule has 0 spiro atoms. The Labute approximate surface area is 100 Å². The number of aliphatic hydroxyl groups excluding tert-OH is 1. The topological polar surface area (TPSA) is 65.7 Å². The number of β-amino-alcohol motifs (C(OH)–C–C–N with tert-alkyl or cyclic N) is 1.